The Hall–Kier alpha value is -3.16. The first-order chi connectivity index (χ1) is 16.6. The van der Waals surface area contributed by atoms with E-state index in [4.69, 9.17) is 32.4 Å². The van der Waals surface area contributed by atoms with Gasteiger partial charge in [0.15, 0.2) is 6.73 Å². The summed E-state index contributed by atoms with van der Waals surface area (Å²) in [7, 11) is 0. The number of anilines is 1. The third-order valence-electron chi connectivity index (χ3n) is 6.13. The van der Waals surface area contributed by atoms with Crippen molar-refractivity contribution in [1.82, 2.24) is 0 Å². The Balaban J connectivity index is 1.61. The third-order valence-corrected chi connectivity index (χ3v) is 6.73. The molecule has 0 bridgehead atoms. The van der Waals surface area contributed by atoms with E-state index < -0.39 is 17.4 Å². The molecule has 5 rings (SSSR count). The predicted octanol–water partition coefficient (Wildman–Crippen LogP) is 7.37. The molecule has 35 heavy (non-hydrogen) atoms. The summed E-state index contributed by atoms with van der Waals surface area (Å²) >= 11 is 12.8. The highest BCUT2D eigenvalue weighted by atomic mass is 35.5. The SMILES string of the molecule is Cc1c(Cc2ccccc2)c(=O)oc2c3c(c(Cl)cc12)OCN(c1cc(C(F)(F)F)ccc1Cl)C3. The number of aryl methyl sites for hydroxylation is 1. The summed E-state index contributed by atoms with van der Waals surface area (Å²) in [5.74, 6) is 0.330. The number of rotatable bonds is 3. The van der Waals surface area contributed by atoms with Gasteiger partial charge in [0.25, 0.3) is 0 Å². The van der Waals surface area contributed by atoms with Crippen LogP contribution in [-0.4, -0.2) is 6.73 Å². The number of hydrogen-bond donors (Lipinski definition) is 0. The second-order valence-corrected chi connectivity index (χ2v) is 9.15. The molecular formula is C26H18Cl2F3NO3. The summed E-state index contributed by atoms with van der Waals surface area (Å²) in [6.45, 7) is 1.84. The van der Waals surface area contributed by atoms with E-state index >= 15 is 0 Å². The fraction of sp³-hybridized carbons (Fsp3) is 0.192. The van der Waals surface area contributed by atoms with Gasteiger partial charge in [0, 0.05) is 17.4 Å². The first-order valence-corrected chi connectivity index (χ1v) is 11.4. The van der Waals surface area contributed by atoms with Crippen molar-refractivity contribution >= 4 is 39.9 Å². The van der Waals surface area contributed by atoms with E-state index in [1.807, 2.05) is 37.3 Å². The fourth-order valence-corrected chi connectivity index (χ4v) is 4.82. The number of nitrogens with zero attached hydrogens (tertiary/aromatic N) is 1. The number of fused-ring (bicyclic) bond motifs is 3. The molecule has 3 aromatic carbocycles. The molecule has 0 saturated carbocycles. The standard InChI is InChI=1S/C26H18Cl2F3NO3/c1-14-17-11-21(28)24-19(23(17)35-25(33)18(14)9-15-5-3-2-4-6-15)12-32(13-34-24)22-10-16(26(29,30)31)7-8-20(22)27/h2-8,10-11H,9,12-13H2,1H3. The summed E-state index contributed by atoms with van der Waals surface area (Å²) < 4.78 is 51.4. The van der Waals surface area contributed by atoms with Gasteiger partial charge in [-0.05, 0) is 42.3 Å². The van der Waals surface area contributed by atoms with Crippen LogP contribution < -0.4 is 15.3 Å². The molecule has 0 atom stereocenters. The molecule has 1 aliphatic heterocycles. The molecule has 0 aliphatic carbocycles. The molecule has 0 N–H and O–H groups in total. The number of halogens is 5. The Labute approximate surface area is 208 Å². The van der Waals surface area contributed by atoms with Gasteiger partial charge in [0.1, 0.15) is 11.3 Å². The molecule has 2 heterocycles. The molecule has 4 nitrogen and oxygen atoms in total. The second-order valence-electron chi connectivity index (χ2n) is 8.33. The van der Waals surface area contributed by atoms with Gasteiger partial charge < -0.3 is 14.1 Å². The Morgan fingerprint density at radius 1 is 1.03 bits per heavy atom. The molecular weight excluding hydrogens is 502 g/mol. The van der Waals surface area contributed by atoms with E-state index in [0.29, 0.717) is 33.7 Å². The van der Waals surface area contributed by atoms with Crippen LogP contribution in [0.25, 0.3) is 11.0 Å². The highest BCUT2D eigenvalue weighted by molar-refractivity contribution is 6.33. The summed E-state index contributed by atoms with van der Waals surface area (Å²) in [5.41, 5.74) is 1.78. The summed E-state index contributed by atoms with van der Waals surface area (Å²) in [6.07, 6.45) is -4.13. The van der Waals surface area contributed by atoms with Crippen molar-refractivity contribution in [3.8, 4) is 5.75 Å². The number of hydrogen-bond acceptors (Lipinski definition) is 4. The van der Waals surface area contributed by atoms with Crippen molar-refractivity contribution in [1.29, 1.82) is 0 Å². The zero-order valence-corrected chi connectivity index (χ0v) is 19.9. The normalized spacial score (nSPS) is 13.6. The van der Waals surface area contributed by atoms with E-state index in [1.54, 1.807) is 11.0 Å². The second kappa shape index (κ2) is 8.81. The topological polar surface area (TPSA) is 42.7 Å². The lowest BCUT2D eigenvalue weighted by Crippen LogP contribution is -2.32. The lowest BCUT2D eigenvalue weighted by molar-refractivity contribution is -0.137. The van der Waals surface area contributed by atoms with E-state index in [0.717, 1.165) is 23.3 Å². The first-order valence-electron chi connectivity index (χ1n) is 10.7. The molecule has 180 valence electrons. The van der Waals surface area contributed by atoms with Gasteiger partial charge in [-0.1, -0.05) is 53.5 Å². The van der Waals surface area contributed by atoms with Crippen LogP contribution in [-0.2, 0) is 19.1 Å². The highest BCUT2D eigenvalue weighted by Gasteiger charge is 2.33. The summed E-state index contributed by atoms with van der Waals surface area (Å²) in [5, 5.41) is 1.10. The minimum absolute atomic E-state index is 0.0748. The van der Waals surface area contributed by atoms with Crippen LogP contribution in [0.3, 0.4) is 0 Å². The van der Waals surface area contributed by atoms with Crippen LogP contribution in [0.1, 0.15) is 27.8 Å². The molecule has 0 saturated heterocycles. The van der Waals surface area contributed by atoms with Crippen molar-refractivity contribution < 1.29 is 22.3 Å². The molecule has 4 aromatic rings. The zero-order chi connectivity index (χ0) is 24.9. The van der Waals surface area contributed by atoms with Crippen LogP contribution in [0.4, 0.5) is 18.9 Å². The van der Waals surface area contributed by atoms with Gasteiger partial charge in [-0.2, -0.15) is 13.2 Å². The molecule has 0 fully saturated rings. The average molecular weight is 520 g/mol. The van der Waals surface area contributed by atoms with E-state index in [2.05, 4.69) is 0 Å². The maximum absolute atomic E-state index is 13.3. The van der Waals surface area contributed by atoms with Crippen LogP contribution >= 0.6 is 23.2 Å². The van der Waals surface area contributed by atoms with Gasteiger partial charge in [0.2, 0.25) is 0 Å². The van der Waals surface area contributed by atoms with E-state index in [1.165, 1.54) is 6.07 Å². The van der Waals surface area contributed by atoms with Crippen molar-refractivity contribution in [2.75, 3.05) is 11.6 Å². The fourth-order valence-electron chi connectivity index (χ4n) is 4.30. The minimum Gasteiger partial charge on any atom is -0.471 e. The predicted molar refractivity (Wildman–Crippen MR) is 130 cm³/mol. The Morgan fingerprint density at radius 3 is 2.49 bits per heavy atom. The van der Waals surface area contributed by atoms with Crippen molar-refractivity contribution in [2.45, 2.75) is 26.1 Å². The minimum atomic E-state index is -4.52. The van der Waals surface area contributed by atoms with Gasteiger partial charge in [-0.25, -0.2) is 4.79 Å². The molecule has 1 aliphatic rings. The van der Waals surface area contributed by atoms with Gasteiger partial charge in [0.05, 0.1) is 33.4 Å². The highest BCUT2D eigenvalue weighted by Crippen LogP contribution is 2.43. The molecule has 1 aromatic heterocycles. The van der Waals surface area contributed by atoms with E-state index in [9.17, 15) is 18.0 Å². The molecule has 9 heteroatoms. The average Bonchev–Trinajstić information content (AvgIpc) is 2.83. The smallest absolute Gasteiger partial charge is 0.416 e. The quantitative estimate of drug-likeness (QED) is 0.265. The van der Waals surface area contributed by atoms with Crippen molar-refractivity contribution in [3.63, 3.8) is 0 Å². The Kier molecular flexibility index (Phi) is 5.93. The number of benzene rings is 3. The monoisotopic (exact) mass is 519 g/mol. The molecule has 0 spiro atoms. The number of alkyl halides is 3. The maximum atomic E-state index is 13.3. The molecule has 0 radical (unpaired) electrons. The summed E-state index contributed by atoms with van der Waals surface area (Å²) in [4.78, 5) is 14.5. The first kappa shape index (κ1) is 23.6. The third kappa shape index (κ3) is 4.34. The maximum Gasteiger partial charge on any atom is 0.416 e. The zero-order valence-electron chi connectivity index (χ0n) is 18.4. The lowest BCUT2D eigenvalue weighted by Gasteiger charge is -2.32. The van der Waals surface area contributed by atoms with Crippen LogP contribution in [0.2, 0.25) is 10.0 Å². The van der Waals surface area contributed by atoms with Crippen LogP contribution in [0.15, 0.2) is 63.8 Å². The van der Waals surface area contributed by atoms with Crippen molar-refractivity contribution in [3.05, 3.63) is 103 Å². The lowest BCUT2D eigenvalue weighted by atomic mass is 9.97. The van der Waals surface area contributed by atoms with Crippen LogP contribution in [0, 0.1) is 6.92 Å². The van der Waals surface area contributed by atoms with Gasteiger partial charge in [-0.15, -0.1) is 0 Å². The van der Waals surface area contributed by atoms with Gasteiger partial charge >= 0.3 is 11.8 Å². The summed E-state index contributed by atoms with van der Waals surface area (Å²) in [6, 6.07) is 14.3. The largest absolute Gasteiger partial charge is 0.471 e. The van der Waals surface area contributed by atoms with Crippen LogP contribution in [0.5, 0.6) is 5.75 Å². The molecule has 0 unspecified atom stereocenters. The molecule has 0 amide bonds. The Bertz CT molecular complexity index is 1500. The number of ether oxygens (including phenoxy) is 1. The van der Waals surface area contributed by atoms with Gasteiger partial charge in [-0.3, -0.25) is 0 Å². The van der Waals surface area contributed by atoms with Crippen molar-refractivity contribution in [2.24, 2.45) is 0 Å². The van der Waals surface area contributed by atoms with E-state index in [-0.39, 0.29) is 29.6 Å². The Morgan fingerprint density at radius 2 is 1.77 bits per heavy atom.